The van der Waals surface area contributed by atoms with E-state index in [2.05, 4.69) is 33.8 Å². The van der Waals surface area contributed by atoms with Crippen molar-refractivity contribution in [1.29, 1.82) is 0 Å². The van der Waals surface area contributed by atoms with Gasteiger partial charge in [0.15, 0.2) is 5.96 Å². The minimum atomic E-state index is 0. The van der Waals surface area contributed by atoms with E-state index in [-0.39, 0.29) is 24.0 Å². The topological polar surface area (TPSA) is 53.7 Å². The molecule has 0 aliphatic rings. The van der Waals surface area contributed by atoms with Gasteiger partial charge in [0.1, 0.15) is 5.76 Å². The predicted octanol–water partition coefficient (Wildman–Crippen LogP) is 3.66. The Kier molecular flexibility index (Phi) is 11.0. The molecule has 0 aliphatic carbocycles. The molecule has 6 heteroatoms. The van der Waals surface area contributed by atoms with E-state index in [9.17, 15) is 0 Å². The van der Waals surface area contributed by atoms with Crippen LogP contribution in [0.3, 0.4) is 0 Å². The fourth-order valence-electron chi connectivity index (χ4n) is 2.07. The summed E-state index contributed by atoms with van der Waals surface area (Å²) < 4.78 is 5.56. The van der Waals surface area contributed by atoms with Crippen molar-refractivity contribution < 1.29 is 4.42 Å². The zero-order valence-electron chi connectivity index (χ0n) is 14.2. The van der Waals surface area contributed by atoms with Gasteiger partial charge in [0, 0.05) is 20.6 Å². The van der Waals surface area contributed by atoms with Crippen LogP contribution in [0.15, 0.2) is 22.1 Å². The van der Waals surface area contributed by atoms with Crippen LogP contribution in [0.1, 0.15) is 43.0 Å². The van der Waals surface area contributed by atoms with Gasteiger partial charge in [0.25, 0.3) is 0 Å². The molecule has 0 bridgehead atoms. The third kappa shape index (κ3) is 7.29. The molecule has 0 atom stereocenters. The number of hydrogen-bond acceptors (Lipinski definition) is 3. The number of aryl methyl sites for hydroxylation is 2. The fraction of sp³-hybridized carbons (Fsp3) is 0.625. The van der Waals surface area contributed by atoms with Crippen LogP contribution < -0.4 is 5.32 Å². The molecule has 0 radical (unpaired) electrons. The molecule has 5 nitrogen and oxygen atoms in total. The van der Waals surface area contributed by atoms with Crippen LogP contribution in [-0.4, -0.2) is 36.5 Å². The Bertz CT molecular complexity index is 451. The smallest absolute Gasteiger partial charge is 0.214 e. The molecule has 1 N–H and O–H groups in total. The fourth-order valence-corrected chi connectivity index (χ4v) is 2.07. The van der Waals surface area contributed by atoms with Crippen molar-refractivity contribution in [2.45, 2.75) is 46.1 Å². The minimum Gasteiger partial charge on any atom is -0.444 e. The Balaban J connectivity index is 0.00000441. The molecule has 0 amide bonds. The molecule has 1 rings (SSSR count). The number of oxazole rings is 1. The first-order chi connectivity index (χ1) is 10.1. The number of aromatic nitrogens is 1. The summed E-state index contributed by atoms with van der Waals surface area (Å²) >= 11 is 0. The van der Waals surface area contributed by atoms with Gasteiger partial charge in [-0.15, -0.1) is 30.6 Å². The van der Waals surface area contributed by atoms with E-state index in [1.54, 1.807) is 7.05 Å². The van der Waals surface area contributed by atoms with Crippen LogP contribution in [0.25, 0.3) is 0 Å². The minimum absolute atomic E-state index is 0. The van der Waals surface area contributed by atoms with Crippen molar-refractivity contribution in [2.24, 2.45) is 4.99 Å². The number of allylic oxidation sites excluding steroid dienone is 1. The van der Waals surface area contributed by atoms with Crippen LogP contribution in [0, 0.1) is 13.8 Å². The first kappa shape index (κ1) is 20.9. The molecule has 22 heavy (non-hydrogen) atoms. The number of halogens is 1. The average molecular weight is 420 g/mol. The highest BCUT2D eigenvalue weighted by molar-refractivity contribution is 14.0. The highest BCUT2D eigenvalue weighted by atomic mass is 127. The number of hydrogen-bond donors (Lipinski definition) is 1. The first-order valence-electron chi connectivity index (χ1n) is 7.54. The van der Waals surface area contributed by atoms with E-state index in [4.69, 9.17) is 4.42 Å². The van der Waals surface area contributed by atoms with E-state index < -0.39 is 0 Å². The molecule has 0 aromatic carbocycles. The lowest BCUT2D eigenvalue weighted by Gasteiger charge is -2.21. The Hall–Kier alpha value is -1.05. The maximum Gasteiger partial charge on any atom is 0.214 e. The Labute approximate surface area is 151 Å². The van der Waals surface area contributed by atoms with Crippen molar-refractivity contribution in [3.05, 3.63) is 30.0 Å². The van der Waals surface area contributed by atoms with E-state index in [0.717, 1.165) is 36.8 Å². The van der Waals surface area contributed by atoms with Crippen LogP contribution in [0.5, 0.6) is 0 Å². The van der Waals surface area contributed by atoms with Crippen molar-refractivity contribution in [1.82, 2.24) is 15.2 Å². The third-order valence-corrected chi connectivity index (χ3v) is 3.45. The van der Waals surface area contributed by atoms with Gasteiger partial charge in [0.2, 0.25) is 5.89 Å². The zero-order valence-corrected chi connectivity index (χ0v) is 16.5. The number of guanidine groups is 1. The third-order valence-electron chi connectivity index (χ3n) is 3.45. The van der Waals surface area contributed by atoms with E-state index >= 15 is 0 Å². The second-order valence-corrected chi connectivity index (χ2v) is 5.21. The summed E-state index contributed by atoms with van der Waals surface area (Å²) in [7, 11) is 3.84. The Morgan fingerprint density at radius 1 is 1.36 bits per heavy atom. The van der Waals surface area contributed by atoms with E-state index in [0.29, 0.717) is 12.4 Å². The van der Waals surface area contributed by atoms with E-state index in [1.807, 2.05) is 19.9 Å². The quantitative estimate of drug-likeness (QED) is 0.229. The lowest BCUT2D eigenvalue weighted by molar-refractivity contribution is 0.435. The van der Waals surface area contributed by atoms with Crippen molar-refractivity contribution in [3.8, 4) is 0 Å². The summed E-state index contributed by atoms with van der Waals surface area (Å²) in [4.78, 5) is 10.8. The molecular weight excluding hydrogens is 391 g/mol. The number of rotatable bonds is 8. The molecule has 0 aliphatic heterocycles. The van der Waals surface area contributed by atoms with Crippen molar-refractivity contribution in [3.63, 3.8) is 0 Å². The lowest BCUT2D eigenvalue weighted by atomic mass is 10.2. The second kappa shape index (κ2) is 11.5. The molecule has 0 saturated heterocycles. The van der Waals surface area contributed by atoms with Gasteiger partial charge in [-0.2, -0.15) is 0 Å². The van der Waals surface area contributed by atoms with Crippen LogP contribution >= 0.6 is 24.0 Å². The van der Waals surface area contributed by atoms with Gasteiger partial charge in [-0.3, -0.25) is 4.99 Å². The molecule has 1 heterocycles. The highest BCUT2D eigenvalue weighted by Gasteiger charge is 2.09. The molecule has 1 aromatic heterocycles. The van der Waals surface area contributed by atoms with Crippen LogP contribution in [0.4, 0.5) is 0 Å². The normalized spacial score (nSPS) is 11.0. The SMILES string of the molecule is C=CCCCCCN(C)C(=NC)NCc1nc(C)c(C)o1.I. The second-order valence-electron chi connectivity index (χ2n) is 5.21. The monoisotopic (exact) mass is 420 g/mol. The van der Waals surface area contributed by atoms with Gasteiger partial charge >= 0.3 is 0 Å². The molecule has 1 aromatic rings. The van der Waals surface area contributed by atoms with Crippen molar-refractivity contribution in [2.75, 3.05) is 20.6 Å². The number of aliphatic imine (C=N–C) groups is 1. The van der Waals surface area contributed by atoms with Gasteiger partial charge in [-0.05, 0) is 33.1 Å². The first-order valence-corrected chi connectivity index (χ1v) is 7.54. The lowest BCUT2D eigenvalue weighted by Crippen LogP contribution is -2.39. The summed E-state index contributed by atoms with van der Waals surface area (Å²) in [6.45, 7) is 9.16. The summed E-state index contributed by atoms with van der Waals surface area (Å²) in [5.74, 6) is 2.44. The van der Waals surface area contributed by atoms with Crippen LogP contribution in [-0.2, 0) is 6.54 Å². The van der Waals surface area contributed by atoms with Gasteiger partial charge in [0.05, 0.1) is 12.2 Å². The summed E-state index contributed by atoms with van der Waals surface area (Å²) in [5, 5.41) is 3.28. The number of nitrogens with one attached hydrogen (secondary N) is 1. The maximum atomic E-state index is 5.56. The van der Waals surface area contributed by atoms with Crippen molar-refractivity contribution >= 4 is 29.9 Å². The van der Waals surface area contributed by atoms with Gasteiger partial charge < -0.3 is 14.6 Å². The largest absolute Gasteiger partial charge is 0.444 e. The molecule has 0 saturated carbocycles. The standard InChI is InChI=1S/C16H28N4O.HI/c1-6-7-8-9-10-11-20(5)16(17-4)18-12-15-19-13(2)14(3)21-15;/h6H,1,7-12H2,2-5H3,(H,17,18);1H. The molecule has 0 spiro atoms. The summed E-state index contributed by atoms with van der Waals surface area (Å²) in [5.41, 5.74) is 0.942. The van der Waals surface area contributed by atoms with E-state index in [1.165, 1.54) is 12.8 Å². The zero-order chi connectivity index (χ0) is 15.7. The van der Waals surface area contributed by atoms with Gasteiger partial charge in [-0.1, -0.05) is 12.5 Å². The van der Waals surface area contributed by atoms with Gasteiger partial charge in [-0.25, -0.2) is 4.98 Å². The summed E-state index contributed by atoms with van der Waals surface area (Å²) in [6, 6.07) is 0. The Morgan fingerprint density at radius 3 is 2.64 bits per heavy atom. The summed E-state index contributed by atoms with van der Waals surface area (Å²) in [6.07, 6.45) is 6.65. The number of unbranched alkanes of at least 4 members (excludes halogenated alkanes) is 3. The Morgan fingerprint density at radius 2 is 2.09 bits per heavy atom. The molecule has 0 fully saturated rings. The highest BCUT2D eigenvalue weighted by Crippen LogP contribution is 2.08. The molecule has 0 unspecified atom stereocenters. The maximum absolute atomic E-state index is 5.56. The molecule has 126 valence electrons. The van der Waals surface area contributed by atoms with Crippen LogP contribution in [0.2, 0.25) is 0 Å². The predicted molar refractivity (Wildman–Crippen MR) is 103 cm³/mol. The average Bonchev–Trinajstić information content (AvgIpc) is 2.78. The number of nitrogens with zero attached hydrogens (tertiary/aromatic N) is 3. The molecular formula is C16H29IN4O.